The van der Waals surface area contributed by atoms with E-state index in [1.54, 1.807) is 11.3 Å². The van der Waals surface area contributed by atoms with Gasteiger partial charge in [0.1, 0.15) is 0 Å². The van der Waals surface area contributed by atoms with Crippen LogP contribution in [0.4, 0.5) is 5.00 Å². The maximum absolute atomic E-state index is 11.7. The van der Waals surface area contributed by atoms with Crippen molar-refractivity contribution in [2.75, 3.05) is 38.3 Å². The lowest BCUT2D eigenvalue weighted by molar-refractivity contribution is -0.150. The van der Waals surface area contributed by atoms with Crippen molar-refractivity contribution in [3.8, 4) is 0 Å². The minimum atomic E-state index is -0.470. The van der Waals surface area contributed by atoms with E-state index in [2.05, 4.69) is 17.0 Å². The number of morpholine rings is 1. The first-order chi connectivity index (χ1) is 9.03. The van der Waals surface area contributed by atoms with E-state index in [4.69, 9.17) is 9.47 Å². The summed E-state index contributed by atoms with van der Waals surface area (Å²) < 4.78 is 10.2. The molecule has 106 valence electrons. The number of hydrogen-bond donors (Lipinski definition) is 0. The second-order valence-corrected chi connectivity index (χ2v) is 6.54. The Morgan fingerprint density at radius 1 is 1.42 bits per heavy atom. The molecule has 0 bridgehead atoms. The summed E-state index contributed by atoms with van der Waals surface area (Å²) in [6, 6.07) is 4.25. The maximum Gasteiger partial charge on any atom is 0.311 e. The third-order valence-electron chi connectivity index (χ3n) is 3.32. The zero-order valence-electron chi connectivity index (χ0n) is 11.8. The van der Waals surface area contributed by atoms with Crippen LogP contribution in [0.25, 0.3) is 0 Å². The van der Waals surface area contributed by atoms with Crippen molar-refractivity contribution in [3.05, 3.63) is 17.0 Å². The number of carbonyl (C=O) groups is 1. The molecule has 2 heterocycles. The minimum absolute atomic E-state index is 0.158. The Balaban J connectivity index is 2.02. The van der Waals surface area contributed by atoms with Crippen molar-refractivity contribution in [1.82, 2.24) is 0 Å². The van der Waals surface area contributed by atoms with Gasteiger partial charge >= 0.3 is 5.97 Å². The second kappa shape index (κ2) is 5.92. The monoisotopic (exact) mass is 283 g/mol. The van der Waals surface area contributed by atoms with E-state index in [9.17, 15) is 4.79 Å². The van der Waals surface area contributed by atoms with Gasteiger partial charge in [-0.25, -0.2) is 0 Å². The van der Waals surface area contributed by atoms with E-state index < -0.39 is 5.41 Å². The third-order valence-corrected chi connectivity index (χ3v) is 4.47. The average molecular weight is 283 g/mol. The molecule has 0 saturated carbocycles. The van der Waals surface area contributed by atoms with Crippen LogP contribution < -0.4 is 4.90 Å². The molecule has 2 rings (SSSR count). The van der Waals surface area contributed by atoms with Crippen LogP contribution in [0, 0.1) is 5.41 Å². The van der Waals surface area contributed by atoms with Crippen LogP contribution in [0.5, 0.6) is 0 Å². The Kier molecular flexibility index (Phi) is 4.47. The summed E-state index contributed by atoms with van der Waals surface area (Å²) in [7, 11) is 1.44. The molecule has 0 aliphatic carbocycles. The highest BCUT2D eigenvalue weighted by Crippen LogP contribution is 2.32. The van der Waals surface area contributed by atoms with Gasteiger partial charge in [0.05, 0.1) is 30.7 Å². The third kappa shape index (κ3) is 3.48. The maximum atomic E-state index is 11.7. The van der Waals surface area contributed by atoms with Crippen molar-refractivity contribution in [3.63, 3.8) is 0 Å². The average Bonchev–Trinajstić information content (AvgIpc) is 2.86. The quantitative estimate of drug-likeness (QED) is 0.795. The van der Waals surface area contributed by atoms with Crippen LogP contribution >= 0.6 is 11.3 Å². The number of rotatable bonds is 4. The van der Waals surface area contributed by atoms with Crippen molar-refractivity contribution in [2.24, 2.45) is 5.41 Å². The lowest BCUT2D eigenvalue weighted by atomic mass is 9.89. The zero-order chi connectivity index (χ0) is 13.9. The van der Waals surface area contributed by atoms with Crippen molar-refractivity contribution in [2.45, 2.75) is 20.3 Å². The Morgan fingerprint density at radius 3 is 2.74 bits per heavy atom. The summed E-state index contributed by atoms with van der Waals surface area (Å²) in [5, 5.41) is 1.26. The summed E-state index contributed by atoms with van der Waals surface area (Å²) in [5.41, 5.74) is -0.470. The number of nitrogens with zero attached hydrogens (tertiary/aromatic N) is 1. The van der Waals surface area contributed by atoms with Gasteiger partial charge in [-0.05, 0) is 32.4 Å². The largest absolute Gasteiger partial charge is 0.469 e. The number of carbonyl (C=O) groups excluding carboxylic acids is 1. The van der Waals surface area contributed by atoms with Crippen molar-refractivity contribution >= 4 is 22.3 Å². The van der Waals surface area contributed by atoms with Crippen molar-refractivity contribution < 1.29 is 14.3 Å². The van der Waals surface area contributed by atoms with E-state index in [1.165, 1.54) is 17.0 Å². The zero-order valence-corrected chi connectivity index (χ0v) is 12.6. The predicted octanol–water partition coefficient (Wildman–Crippen LogP) is 2.33. The van der Waals surface area contributed by atoms with E-state index >= 15 is 0 Å². The van der Waals surface area contributed by atoms with Crippen LogP contribution in [-0.2, 0) is 20.7 Å². The standard InChI is InChI=1S/C14H21NO3S/c1-14(2,13(16)17-3)10-11-4-5-12(19-11)15-6-8-18-9-7-15/h4-5H,6-10H2,1-3H3. The molecule has 0 unspecified atom stereocenters. The summed E-state index contributed by atoms with van der Waals surface area (Å²) in [4.78, 5) is 15.3. The topological polar surface area (TPSA) is 38.8 Å². The number of anilines is 1. The van der Waals surface area contributed by atoms with Gasteiger partial charge < -0.3 is 14.4 Å². The Morgan fingerprint density at radius 2 is 2.11 bits per heavy atom. The first kappa shape index (κ1) is 14.3. The highest BCUT2D eigenvalue weighted by Gasteiger charge is 2.29. The molecule has 0 amide bonds. The predicted molar refractivity (Wildman–Crippen MR) is 76.9 cm³/mol. The number of esters is 1. The Bertz CT molecular complexity index is 436. The molecule has 4 nitrogen and oxygen atoms in total. The number of hydrogen-bond acceptors (Lipinski definition) is 5. The summed E-state index contributed by atoms with van der Waals surface area (Å²) >= 11 is 1.76. The normalized spacial score (nSPS) is 16.5. The molecule has 1 fully saturated rings. The first-order valence-corrected chi connectivity index (χ1v) is 7.34. The van der Waals surface area contributed by atoms with Crippen LogP contribution in [0.1, 0.15) is 18.7 Å². The van der Waals surface area contributed by atoms with Gasteiger partial charge in [-0.2, -0.15) is 0 Å². The van der Waals surface area contributed by atoms with Crippen LogP contribution in [0.15, 0.2) is 12.1 Å². The number of methoxy groups -OCH3 is 1. The molecule has 0 aromatic carbocycles. The van der Waals surface area contributed by atoms with Gasteiger partial charge in [0.2, 0.25) is 0 Å². The molecule has 1 aromatic heterocycles. The van der Waals surface area contributed by atoms with Gasteiger partial charge in [-0.1, -0.05) is 0 Å². The van der Waals surface area contributed by atoms with Crippen LogP contribution in [-0.4, -0.2) is 39.4 Å². The number of ether oxygens (including phenoxy) is 2. The molecule has 0 atom stereocenters. The van der Waals surface area contributed by atoms with E-state index in [0.29, 0.717) is 6.42 Å². The fourth-order valence-corrected chi connectivity index (χ4v) is 3.48. The molecule has 1 aliphatic heterocycles. The lowest BCUT2D eigenvalue weighted by Crippen LogP contribution is -2.35. The van der Waals surface area contributed by atoms with Crippen molar-refractivity contribution in [1.29, 1.82) is 0 Å². The Labute approximate surface area is 118 Å². The molecule has 0 spiro atoms. The molecule has 0 radical (unpaired) electrons. The lowest BCUT2D eigenvalue weighted by Gasteiger charge is -2.27. The molecule has 1 aliphatic rings. The molecule has 1 saturated heterocycles. The van der Waals surface area contributed by atoms with E-state index in [1.807, 2.05) is 13.8 Å². The van der Waals surface area contributed by atoms with Gasteiger partial charge in [-0.3, -0.25) is 4.79 Å². The minimum Gasteiger partial charge on any atom is -0.469 e. The molecular weight excluding hydrogens is 262 g/mol. The van der Waals surface area contributed by atoms with Gasteiger partial charge in [0.25, 0.3) is 0 Å². The van der Waals surface area contributed by atoms with Gasteiger partial charge in [-0.15, -0.1) is 11.3 Å². The summed E-state index contributed by atoms with van der Waals surface area (Å²) in [5.74, 6) is -0.158. The highest BCUT2D eigenvalue weighted by atomic mass is 32.1. The summed E-state index contributed by atoms with van der Waals surface area (Å²) in [6.45, 7) is 7.32. The molecule has 1 aromatic rings. The second-order valence-electron chi connectivity index (χ2n) is 5.39. The first-order valence-electron chi connectivity index (χ1n) is 6.53. The molecule has 5 heteroatoms. The van der Waals surface area contributed by atoms with Crippen LogP contribution in [0.3, 0.4) is 0 Å². The highest BCUT2D eigenvalue weighted by molar-refractivity contribution is 7.16. The van der Waals surface area contributed by atoms with Gasteiger partial charge in [0, 0.05) is 18.0 Å². The smallest absolute Gasteiger partial charge is 0.311 e. The SMILES string of the molecule is COC(=O)C(C)(C)Cc1ccc(N2CCOCC2)s1. The Hall–Kier alpha value is -1.07. The van der Waals surface area contributed by atoms with Gasteiger partial charge in [0.15, 0.2) is 0 Å². The summed E-state index contributed by atoms with van der Waals surface area (Å²) in [6.07, 6.45) is 0.717. The fraction of sp³-hybridized carbons (Fsp3) is 0.643. The number of thiophene rings is 1. The fourth-order valence-electron chi connectivity index (χ4n) is 2.20. The van der Waals surface area contributed by atoms with E-state index in [-0.39, 0.29) is 5.97 Å². The molecule has 19 heavy (non-hydrogen) atoms. The molecule has 0 N–H and O–H groups in total. The van der Waals surface area contributed by atoms with Crippen LogP contribution in [0.2, 0.25) is 0 Å². The molecular formula is C14H21NO3S. The van der Waals surface area contributed by atoms with E-state index in [0.717, 1.165) is 26.3 Å².